The van der Waals surface area contributed by atoms with Gasteiger partial charge < -0.3 is 5.11 Å². The highest BCUT2D eigenvalue weighted by Gasteiger charge is 2.56. The van der Waals surface area contributed by atoms with Gasteiger partial charge in [-0.25, -0.2) is 0 Å². The summed E-state index contributed by atoms with van der Waals surface area (Å²) in [4.78, 5) is 0. The largest absolute Gasteiger partial charge is 0.390 e. The number of hydrogen-bond acceptors (Lipinski definition) is 1. The molecule has 1 nitrogen and oxygen atoms in total. The fourth-order valence-corrected chi connectivity index (χ4v) is 4.26. The van der Waals surface area contributed by atoms with Gasteiger partial charge in [0.05, 0.1) is 5.60 Å². The van der Waals surface area contributed by atoms with Crippen molar-refractivity contribution in [2.45, 2.75) is 59.0 Å². The maximum Gasteiger partial charge on any atom is 0.0658 e. The first-order valence-electron chi connectivity index (χ1n) is 6.80. The molecule has 1 saturated carbocycles. The second kappa shape index (κ2) is 3.87. The molecule has 0 aromatic rings. The van der Waals surface area contributed by atoms with Gasteiger partial charge in [0.1, 0.15) is 0 Å². The van der Waals surface area contributed by atoms with E-state index in [1.807, 2.05) is 0 Å². The summed E-state index contributed by atoms with van der Waals surface area (Å²) in [6, 6.07) is 0. The van der Waals surface area contributed by atoms with Crippen molar-refractivity contribution in [3.05, 3.63) is 12.2 Å². The van der Waals surface area contributed by atoms with Crippen LogP contribution in [0.5, 0.6) is 0 Å². The molecule has 2 rings (SSSR count). The van der Waals surface area contributed by atoms with Crippen LogP contribution in [-0.2, 0) is 0 Å². The predicted molar refractivity (Wildman–Crippen MR) is 68.2 cm³/mol. The molecule has 0 heterocycles. The van der Waals surface area contributed by atoms with E-state index >= 15 is 0 Å². The third-order valence-corrected chi connectivity index (χ3v) is 5.01. The summed E-state index contributed by atoms with van der Waals surface area (Å²) in [5.74, 6) is 1.75. The molecule has 0 radical (unpaired) electrons. The Bertz CT molecular complexity index is 288. The number of aliphatic hydroxyl groups is 1. The molecule has 1 fully saturated rings. The lowest BCUT2D eigenvalue weighted by Gasteiger charge is -2.44. The molecule has 0 aromatic carbocycles. The number of allylic oxidation sites excluding steroid dienone is 2. The van der Waals surface area contributed by atoms with Crippen LogP contribution in [0.2, 0.25) is 0 Å². The minimum absolute atomic E-state index is 0.274. The van der Waals surface area contributed by atoms with E-state index in [-0.39, 0.29) is 5.41 Å². The molecule has 1 heteroatoms. The average molecular weight is 222 g/mol. The van der Waals surface area contributed by atoms with Gasteiger partial charge in [-0.05, 0) is 42.9 Å². The Hall–Kier alpha value is -0.300. The molecule has 2 bridgehead atoms. The summed E-state index contributed by atoms with van der Waals surface area (Å²) in [7, 11) is 0. The zero-order valence-electron chi connectivity index (χ0n) is 11.2. The van der Waals surface area contributed by atoms with E-state index in [1.54, 1.807) is 0 Å². The normalized spacial score (nSPS) is 38.9. The monoisotopic (exact) mass is 222 g/mol. The fourth-order valence-electron chi connectivity index (χ4n) is 4.26. The van der Waals surface area contributed by atoms with Gasteiger partial charge in [0.2, 0.25) is 0 Å². The van der Waals surface area contributed by atoms with Crippen molar-refractivity contribution in [3.8, 4) is 0 Å². The lowest BCUT2D eigenvalue weighted by Crippen LogP contribution is -2.45. The lowest BCUT2D eigenvalue weighted by molar-refractivity contribution is -0.0655. The van der Waals surface area contributed by atoms with Gasteiger partial charge in [-0.3, -0.25) is 0 Å². The van der Waals surface area contributed by atoms with Crippen LogP contribution in [0.1, 0.15) is 53.4 Å². The van der Waals surface area contributed by atoms with Crippen molar-refractivity contribution < 1.29 is 5.11 Å². The highest BCUT2D eigenvalue weighted by molar-refractivity contribution is 5.19. The van der Waals surface area contributed by atoms with Gasteiger partial charge in [0, 0.05) is 0 Å². The average Bonchev–Trinajstić information content (AvgIpc) is 2.71. The van der Waals surface area contributed by atoms with Crippen LogP contribution in [0.25, 0.3) is 0 Å². The van der Waals surface area contributed by atoms with Crippen LogP contribution in [-0.4, -0.2) is 10.7 Å². The van der Waals surface area contributed by atoms with Crippen LogP contribution >= 0.6 is 0 Å². The summed E-state index contributed by atoms with van der Waals surface area (Å²) in [6.07, 6.45) is 9.25. The Morgan fingerprint density at radius 2 is 2.06 bits per heavy atom. The summed E-state index contributed by atoms with van der Waals surface area (Å²) in [6.45, 7) is 8.93. The Labute approximate surface area is 99.9 Å². The van der Waals surface area contributed by atoms with Crippen molar-refractivity contribution in [2.75, 3.05) is 0 Å². The van der Waals surface area contributed by atoms with E-state index in [2.05, 4.69) is 39.8 Å². The van der Waals surface area contributed by atoms with E-state index in [1.165, 1.54) is 12.8 Å². The Morgan fingerprint density at radius 3 is 2.56 bits per heavy atom. The van der Waals surface area contributed by atoms with Gasteiger partial charge >= 0.3 is 0 Å². The van der Waals surface area contributed by atoms with E-state index in [4.69, 9.17) is 0 Å². The molecule has 2 aliphatic carbocycles. The van der Waals surface area contributed by atoms with E-state index < -0.39 is 5.60 Å². The van der Waals surface area contributed by atoms with Crippen molar-refractivity contribution in [3.63, 3.8) is 0 Å². The van der Waals surface area contributed by atoms with Crippen LogP contribution in [0.3, 0.4) is 0 Å². The standard InChI is InChI=1S/C15H26O/c1-5-6-9-15(4,16)13-11-7-8-12(10-11)14(13,2)3/h7-8,11-13,16H,5-6,9-10H2,1-4H3. The van der Waals surface area contributed by atoms with E-state index in [9.17, 15) is 5.11 Å². The SMILES string of the molecule is CCCCC(C)(O)C1C2C=CC(C2)C1(C)C. The third kappa shape index (κ3) is 1.73. The Balaban J connectivity index is 2.17. The molecule has 0 aliphatic heterocycles. The van der Waals surface area contributed by atoms with Gasteiger partial charge in [0.25, 0.3) is 0 Å². The maximum absolute atomic E-state index is 10.8. The zero-order valence-corrected chi connectivity index (χ0v) is 11.2. The number of rotatable bonds is 4. The molecule has 4 atom stereocenters. The minimum Gasteiger partial charge on any atom is -0.390 e. The quantitative estimate of drug-likeness (QED) is 0.718. The maximum atomic E-state index is 10.8. The zero-order chi connectivity index (χ0) is 12.0. The molecule has 0 spiro atoms. The number of fused-ring (bicyclic) bond motifs is 2. The minimum atomic E-state index is -0.482. The van der Waals surface area contributed by atoms with Crippen LogP contribution in [0.15, 0.2) is 12.2 Å². The van der Waals surface area contributed by atoms with Crippen LogP contribution in [0.4, 0.5) is 0 Å². The number of unbranched alkanes of at least 4 members (excludes halogenated alkanes) is 1. The highest BCUT2D eigenvalue weighted by atomic mass is 16.3. The molecule has 0 amide bonds. The Morgan fingerprint density at radius 1 is 1.38 bits per heavy atom. The van der Waals surface area contributed by atoms with Gasteiger partial charge in [-0.2, -0.15) is 0 Å². The van der Waals surface area contributed by atoms with E-state index in [0.717, 1.165) is 12.8 Å². The van der Waals surface area contributed by atoms with Crippen LogP contribution < -0.4 is 0 Å². The fraction of sp³-hybridized carbons (Fsp3) is 0.867. The van der Waals surface area contributed by atoms with Crippen molar-refractivity contribution in [1.29, 1.82) is 0 Å². The molecular weight excluding hydrogens is 196 g/mol. The topological polar surface area (TPSA) is 20.2 Å². The van der Waals surface area contributed by atoms with Gasteiger partial charge in [-0.1, -0.05) is 45.8 Å². The summed E-state index contributed by atoms with van der Waals surface area (Å²) >= 11 is 0. The van der Waals surface area contributed by atoms with Crippen molar-refractivity contribution in [2.24, 2.45) is 23.2 Å². The summed E-state index contributed by atoms with van der Waals surface area (Å²) in [5.41, 5.74) is -0.208. The molecule has 4 unspecified atom stereocenters. The first kappa shape index (κ1) is 12.2. The summed E-state index contributed by atoms with van der Waals surface area (Å²) in [5, 5.41) is 10.8. The first-order chi connectivity index (χ1) is 7.39. The second-order valence-electron chi connectivity index (χ2n) is 6.65. The molecule has 2 aliphatic rings. The third-order valence-electron chi connectivity index (χ3n) is 5.01. The lowest BCUT2D eigenvalue weighted by atomic mass is 9.63. The molecule has 16 heavy (non-hydrogen) atoms. The van der Waals surface area contributed by atoms with Crippen molar-refractivity contribution >= 4 is 0 Å². The van der Waals surface area contributed by atoms with Gasteiger partial charge in [0.15, 0.2) is 0 Å². The van der Waals surface area contributed by atoms with E-state index in [0.29, 0.717) is 17.8 Å². The molecular formula is C15H26O. The summed E-state index contributed by atoms with van der Waals surface area (Å²) < 4.78 is 0. The predicted octanol–water partition coefficient (Wildman–Crippen LogP) is 3.78. The highest BCUT2D eigenvalue weighted by Crippen LogP contribution is 2.59. The smallest absolute Gasteiger partial charge is 0.0658 e. The molecule has 1 N–H and O–H groups in total. The second-order valence-corrected chi connectivity index (χ2v) is 6.65. The molecule has 0 aromatic heterocycles. The molecule has 0 saturated heterocycles. The molecule has 92 valence electrons. The Kier molecular flexibility index (Phi) is 2.94. The van der Waals surface area contributed by atoms with Gasteiger partial charge in [-0.15, -0.1) is 0 Å². The number of hydrogen-bond donors (Lipinski definition) is 1. The van der Waals surface area contributed by atoms with Crippen molar-refractivity contribution in [1.82, 2.24) is 0 Å². The van der Waals surface area contributed by atoms with Crippen LogP contribution in [0, 0.1) is 23.2 Å². The first-order valence-corrected chi connectivity index (χ1v) is 6.80.